The topological polar surface area (TPSA) is 106 Å². The lowest BCUT2D eigenvalue weighted by Crippen LogP contribution is -1.89. The van der Waals surface area contributed by atoms with Crippen molar-refractivity contribution in [3.8, 4) is 5.75 Å². The van der Waals surface area contributed by atoms with Crippen molar-refractivity contribution in [1.82, 2.24) is 0 Å². The molecule has 30 heavy (non-hydrogen) atoms. The molecule has 9 heteroatoms. The molecule has 168 valence electrons. The summed E-state index contributed by atoms with van der Waals surface area (Å²) in [6.07, 6.45) is 4.98. The maximum Gasteiger partial charge on any atom is 0.119 e. The predicted octanol–water partition coefficient (Wildman–Crippen LogP) is 6.76. The molecule has 2 rings (SSSR count). The van der Waals surface area contributed by atoms with Crippen LogP contribution in [0.2, 0.25) is 0 Å². The molecule has 0 aliphatic rings. The van der Waals surface area contributed by atoms with E-state index in [1.54, 1.807) is 7.11 Å². The number of methoxy groups -OCH3 is 1. The van der Waals surface area contributed by atoms with Crippen molar-refractivity contribution >= 4 is 84.2 Å². The van der Waals surface area contributed by atoms with Gasteiger partial charge >= 0.3 is 0 Å². The number of hydrazone groups is 2. The summed E-state index contributed by atoms with van der Waals surface area (Å²) in [5, 5.41) is 20.9. The molecule has 7 nitrogen and oxygen atoms in total. The van der Waals surface area contributed by atoms with Crippen molar-refractivity contribution in [2.24, 2.45) is 10.2 Å². The standard InChI is InChI=1S/C9H11N3O.C8H9N3.2C2H6.2HI/c1-13-9-4-2-8(3-5-9)12-11-7-6-10;9-6-7-10-11-8-4-2-1-3-5-8;2*1-2;;/h2-7,10,12H,1H3;1-7,9,11H;2*1-2H3;2*1H/b10-6?,11-7-;9-6?,10-7-;;;;. The van der Waals surface area contributed by atoms with Gasteiger partial charge in [0.2, 0.25) is 0 Å². The van der Waals surface area contributed by atoms with E-state index in [-0.39, 0.29) is 48.0 Å². The van der Waals surface area contributed by atoms with Gasteiger partial charge in [0, 0.05) is 12.4 Å². The molecule has 0 unspecified atom stereocenters. The molecule has 0 spiro atoms. The van der Waals surface area contributed by atoms with Crippen LogP contribution in [0.3, 0.4) is 0 Å². The maximum atomic E-state index is 6.70. The highest BCUT2D eigenvalue weighted by molar-refractivity contribution is 14.0. The van der Waals surface area contributed by atoms with Gasteiger partial charge in [0.25, 0.3) is 0 Å². The number of halogens is 2. The Balaban J connectivity index is -0.000000184. The number of benzene rings is 2. The van der Waals surface area contributed by atoms with E-state index in [1.807, 2.05) is 82.3 Å². The number of rotatable bonds is 7. The zero-order valence-corrected chi connectivity index (χ0v) is 22.8. The van der Waals surface area contributed by atoms with Gasteiger partial charge < -0.3 is 15.6 Å². The fourth-order valence-corrected chi connectivity index (χ4v) is 1.48. The van der Waals surface area contributed by atoms with Crippen LogP contribution in [0, 0.1) is 10.8 Å². The summed E-state index contributed by atoms with van der Waals surface area (Å²) in [5.41, 5.74) is 7.31. The van der Waals surface area contributed by atoms with Gasteiger partial charge in [0.05, 0.1) is 30.9 Å². The third-order valence-electron chi connectivity index (χ3n) is 2.55. The van der Waals surface area contributed by atoms with Gasteiger partial charge in [0.1, 0.15) is 5.75 Å². The van der Waals surface area contributed by atoms with E-state index in [9.17, 15) is 0 Å². The van der Waals surface area contributed by atoms with Crippen LogP contribution in [0.4, 0.5) is 11.4 Å². The lowest BCUT2D eigenvalue weighted by Gasteiger charge is -2.01. The minimum absolute atomic E-state index is 0. The molecule has 0 saturated carbocycles. The zero-order chi connectivity index (χ0) is 21.5. The van der Waals surface area contributed by atoms with Crippen molar-refractivity contribution in [3.63, 3.8) is 0 Å². The molecule has 2 aromatic carbocycles. The highest BCUT2D eigenvalue weighted by Gasteiger charge is 1.90. The summed E-state index contributed by atoms with van der Waals surface area (Å²) in [5.74, 6) is 0.807. The van der Waals surface area contributed by atoms with Crippen molar-refractivity contribution in [2.45, 2.75) is 27.7 Å². The number of hydrogen-bond acceptors (Lipinski definition) is 7. The lowest BCUT2D eigenvalue weighted by molar-refractivity contribution is 0.415. The Morgan fingerprint density at radius 3 is 1.47 bits per heavy atom. The van der Waals surface area contributed by atoms with Crippen LogP contribution in [0.15, 0.2) is 64.8 Å². The Labute approximate surface area is 214 Å². The number of nitrogens with zero attached hydrogens (tertiary/aromatic N) is 2. The van der Waals surface area contributed by atoms with Gasteiger partial charge in [0.15, 0.2) is 0 Å². The van der Waals surface area contributed by atoms with E-state index in [4.69, 9.17) is 15.6 Å². The second-order valence-corrected chi connectivity index (χ2v) is 4.21. The molecular weight excluding hydrogens is 606 g/mol. The summed E-state index contributed by atoms with van der Waals surface area (Å²) in [6.45, 7) is 8.00. The smallest absolute Gasteiger partial charge is 0.119 e. The van der Waals surface area contributed by atoms with E-state index in [0.29, 0.717) is 0 Å². The minimum Gasteiger partial charge on any atom is -0.497 e. The molecule has 0 bridgehead atoms. The molecule has 0 aliphatic carbocycles. The summed E-state index contributed by atoms with van der Waals surface area (Å²) in [6, 6.07) is 16.9. The molecule has 0 heterocycles. The zero-order valence-electron chi connectivity index (χ0n) is 18.1. The first-order valence-electron chi connectivity index (χ1n) is 9.05. The van der Waals surface area contributed by atoms with Crippen LogP contribution in [0.25, 0.3) is 0 Å². The molecule has 2 aromatic rings. The molecule has 0 atom stereocenters. The van der Waals surface area contributed by atoms with Crippen molar-refractivity contribution in [1.29, 1.82) is 10.8 Å². The average Bonchev–Trinajstić information content (AvgIpc) is 2.79. The fourth-order valence-electron chi connectivity index (χ4n) is 1.48. The van der Waals surface area contributed by atoms with Crippen LogP contribution in [0.5, 0.6) is 5.75 Å². The second-order valence-electron chi connectivity index (χ2n) is 4.21. The third-order valence-corrected chi connectivity index (χ3v) is 2.55. The van der Waals surface area contributed by atoms with Crippen molar-refractivity contribution in [2.75, 3.05) is 18.0 Å². The van der Waals surface area contributed by atoms with E-state index in [1.165, 1.54) is 12.4 Å². The summed E-state index contributed by atoms with van der Waals surface area (Å²) in [4.78, 5) is 0. The van der Waals surface area contributed by atoms with Crippen LogP contribution < -0.4 is 15.6 Å². The number of anilines is 2. The Morgan fingerprint density at radius 1 is 0.700 bits per heavy atom. The van der Waals surface area contributed by atoms with Gasteiger partial charge in [-0.3, -0.25) is 10.9 Å². The first-order chi connectivity index (χ1) is 13.8. The largest absolute Gasteiger partial charge is 0.497 e. The maximum absolute atomic E-state index is 6.70. The molecule has 0 aromatic heterocycles. The Bertz CT molecular complexity index is 665. The molecule has 0 radical (unpaired) electrons. The lowest BCUT2D eigenvalue weighted by atomic mass is 10.3. The van der Waals surface area contributed by atoms with Crippen LogP contribution in [-0.2, 0) is 0 Å². The highest BCUT2D eigenvalue weighted by atomic mass is 127. The summed E-state index contributed by atoms with van der Waals surface area (Å²) >= 11 is 0. The molecule has 0 fully saturated rings. The first kappa shape index (κ1) is 35.4. The molecule has 0 aliphatic heterocycles. The molecule has 0 amide bonds. The van der Waals surface area contributed by atoms with Gasteiger partial charge in [-0.15, -0.1) is 48.0 Å². The van der Waals surface area contributed by atoms with Crippen LogP contribution >= 0.6 is 48.0 Å². The van der Waals surface area contributed by atoms with Gasteiger partial charge in [-0.1, -0.05) is 45.9 Å². The van der Waals surface area contributed by atoms with E-state index in [2.05, 4.69) is 21.1 Å². The number of hydrogen-bond donors (Lipinski definition) is 4. The van der Waals surface area contributed by atoms with Gasteiger partial charge in [-0.05, 0) is 36.4 Å². The molecule has 0 saturated heterocycles. The molecule has 4 N–H and O–H groups in total. The Hall–Kier alpha value is -2.02. The monoisotopic (exact) mass is 640 g/mol. The quantitative estimate of drug-likeness (QED) is 0.153. The van der Waals surface area contributed by atoms with Gasteiger partial charge in [-0.2, -0.15) is 10.2 Å². The minimum atomic E-state index is 0. The average molecular weight is 640 g/mol. The number of ether oxygens (including phenoxy) is 1. The van der Waals surface area contributed by atoms with E-state index in [0.717, 1.165) is 29.6 Å². The van der Waals surface area contributed by atoms with Crippen LogP contribution in [-0.4, -0.2) is 32.0 Å². The fraction of sp³-hybridized carbons (Fsp3) is 0.238. The SMILES string of the molecule is CC.CC.COc1ccc(N/N=C\C=N)cc1.I.I.N=C/C=N\Nc1ccccc1. The number of nitrogens with one attached hydrogen (secondary N) is 4. The highest BCUT2D eigenvalue weighted by Crippen LogP contribution is 2.14. The predicted molar refractivity (Wildman–Crippen MR) is 155 cm³/mol. The van der Waals surface area contributed by atoms with Crippen LogP contribution in [0.1, 0.15) is 27.7 Å². The van der Waals surface area contributed by atoms with E-state index >= 15 is 0 Å². The normalized spacial score (nSPS) is 8.30. The van der Waals surface area contributed by atoms with Crippen molar-refractivity contribution < 1.29 is 4.74 Å². The summed E-state index contributed by atoms with van der Waals surface area (Å²) in [7, 11) is 1.62. The van der Waals surface area contributed by atoms with E-state index < -0.39 is 0 Å². The summed E-state index contributed by atoms with van der Waals surface area (Å²) < 4.78 is 4.99. The van der Waals surface area contributed by atoms with Crippen molar-refractivity contribution in [3.05, 3.63) is 54.6 Å². The second kappa shape index (κ2) is 29.2. The number of para-hydroxylation sites is 1. The Kier molecular flexibility index (Phi) is 34.5. The first-order valence-corrected chi connectivity index (χ1v) is 9.05. The third kappa shape index (κ3) is 20.7. The Morgan fingerprint density at radius 2 is 1.10 bits per heavy atom. The molecular formula is C21H34I2N6O. The van der Waals surface area contributed by atoms with Gasteiger partial charge in [-0.25, -0.2) is 0 Å².